The number of nitrogens with zero attached hydrogens (tertiary/aromatic N) is 1. The van der Waals surface area contributed by atoms with E-state index in [-0.39, 0.29) is 7.12 Å². The van der Waals surface area contributed by atoms with E-state index in [1.807, 2.05) is 0 Å². The molecule has 1 aliphatic rings. The van der Waals surface area contributed by atoms with E-state index < -0.39 is 0 Å². The maximum Gasteiger partial charge on any atom is 0.459 e. The summed E-state index contributed by atoms with van der Waals surface area (Å²) in [6.07, 6.45) is 0. The van der Waals surface area contributed by atoms with Crippen LogP contribution in [0.1, 0.15) is 13.8 Å². The first-order valence-electron chi connectivity index (χ1n) is 4.62. The van der Waals surface area contributed by atoms with E-state index in [1.165, 1.54) is 0 Å². The van der Waals surface area contributed by atoms with Crippen LogP contribution in [0.5, 0.6) is 0 Å². The standard InChI is InChI=1S/C8H18BNO2/c1-8(2)9-11-6-4-10(3)5-7-12-9/h8H,4-7H2,1-3H3. The average molecular weight is 171 g/mol. The SMILES string of the molecule is CC(C)B1OCCN(C)CCO1. The van der Waals surface area contributed by atoms with Gasteiger partial charge in [-0.2, -0.15) is 0 Å². The number of likely N-dealkylation sites (N-methyl/N-ethyl adjacent to an activating group) is 1. The predicted octanol–water partition coefficient (Wildman–Crippen LogP) is 0.863. The Labute approximate surface area is 75.2 Å². The van der Waals surface area contributed by atoms with Crippen LogP contribution >= 0.6 is 0 Å². The third-order valence-electron chi connectivity index (χ3n) is 2.05. The molecule has 0 atom stereocenters. The van der Waals surface area contributed by atoms with Gasteiger partial charge in [0.15, 0.2) is 0 Å². The van der Waals surface area contributed by atoms with Crippen LogP contribution in [0, 0.1) is 0 Å². The molecule has 1 fully saturated rings. The lowest BCUT2D eigenvalue weighted by molar-refractivity contribution is 0.121. The summed E-state index contributed by atoms with van der Waals surface area (Å²) < 4.78 is 11.1. The van der Waals surface area contributed by atoms with Crippen LogP contribution < -0.4 is 0 Å². The molecule has 0 bridgehead atoms. The van der Waals surface area contributed by atoms with Crippen LogP contribution in [0.4, 0.5) is 0 Å². The molecule has 0 unspecified atom stereocenters. The van der Waals surface area contributed by atoms with Crippen molar-refractivity contribution in [2.75, 3.05) is 33.4 Å². The summed E-state index contributed by atoms with van der Waals surface area (Å²) in [5, 5.41) is 0. The molecule has 0 aromatic carbocycles. The Balaban J connectivity index is 2.30. The predicted molar refractivity (Wildman–Crippen MR) is 50.3 cm³/mol. The molecular weight excluding hydrogens is 153 g/mol. The maximum atomic E-state index is 5.55. The van der Waals surface area contributed by atoms with E-state index >= 15 is 0 Å². The molecule has 0 spiro atoms. The summed E-state index contributed by atoms with van der Waals surface area (Å²) in [6.45, 7) is 7.81. The van der Waals surface area contributed by atoms with Gasteiger partial charge in [-0.15, -0.1) is 0 Å². The van der Waals surface area contributed by atoms with Gasteiger partial charge in [-0.25, -0.2) is 0 Å². The Morgan fingerprint density at radius 1 is 1.17 bits per heavy atom. The van der Waals surface area contributed by atoms with Gasteiger partial charge in [0, 0.05) is 26.3 Å². The highest BCUT2D eigenvalue weighted by Crippen LogP contribution is 2.11. The Bertz CT molecular complexity index is 122. The fourth-order valence-corrected chi connectivity index (χ4v) is 1.19. The molecule has 0 aromatic heterocycles. The summed E-state index contributed by atoms with van der Waals surface area (Å²) in [7, 11) is 2.08. The molecule has 0 aliphatic carbocycles. The Kier molecular flexibility index (Phi) is 4.05. The minimum Gasteiger partial charge on any atom is -0.410 e. The van der Waals surface area contributed by atoms with Crippen LogP contribution in [0.25, 0.3) is 0 Å². The number of hydrogen-bond donors (Lipinski definition) is 0. The molecule has 1 heterocycles. The molecule has 0 N–H and O–H groups in total. The molecule has 0 amide bonds. The van der Waals surface area contributed by atoms with Gasteiger partial charge in [0.1, 0.15) is 0 Å². The van der Waals surface area contributed by atoms with Gasteiger partial charge >= 0.3 is 7.12 Å². The van der Waals surface area contributed by atoms with Crippen molar-refractivity contribution < 1.29 is 9.31 Å². The first kappa shape index (κ1) is 10.0. The Morgan fingerprint density at radius 3 is 2.08 bits per heavy atom. The molecule has 1 aliphatic heterocycles. The zero-order valence-corrected chi connectivity index (χ0v) is 8.25. The van der Waals surface area contributed by atoms with Crippen molar-refractivity contribution >= 4 is 7.12 Å². The fraction of sp³-hybridized carbons (Fsp3) is 1.00. The first-order valence-corrected chi connectivity index (χ1v) is 4.62. The number of rotatable bonds is 1. The molecule has 12 heavy (non-hydrogen) atoms. The maximum absolute atomic E-state index is 5.55. The van der Waals surface area contributed by atoms with Crippen molar-refractivity contribution in [3.05, 3.63) is 0 Å². The molecule has 0 aromatic rings. The molecule has 1 rings (SSSR count). The molecule has 1 saturated heterocycles. The highest BCUT2D eigenvalue weighted by molar-refractivity contribution is 6.46. The van der Waals surface area contributed by atoms with Gasteiger partial charge in [-0.1, -0.05) is 13.8 Å². The van der Waals surface area contributed by atoms with Crippen LogP contribution in [-0.4, -0.2) is 45.4 Å². The highest BCUT2D eigenvalue weighted by atomic mass is 16.6. The van der Waals surface area contributed by atoms with Gasteiger partial charge in [0.25, 0.3) is 0 Å². The average Bonchev–Trinajstić information content (AvgIpc) is 1.95. The molecule has 3 nitrogen and oxygen atoms in total. The van der Waals surface area contributed by atoms with Gasteiger partial charge in [0.05, 0.1) is 0 Å². The van der Waals surface area contributed by atoms with Gasteiger partial charge < -0.3 is 14.2 Å². The van der Waals surface area contributed by atoms with Crippen LogP contribution in [0.2, 0.25) is 5.82 Å². The van der Waals surface area contributed by atoms with E-state index in [2.05, 4.69) is 25.8 Å². The zero-order valence-electron chi connectivity index (χ0n) is 8.25. The van der Waals surface area contributed by atoms with Crippen molar-refractivity contribution in [3.8, 4) is 0 Å². The topological polar surface area (TPSA) is 21.7 Å². The third kappa shape index (κ3) is 3.13. The van der Waals surface area contributed by atoms with Crippen LogP contribution in [-0.2, 0) is 9.31 Å². The second kappa shape index (κ2) is 4.85. The largest absolute Gasteiger partial charge is 0.459 e. The monoisotopic (exact) mass is 171 g/mol. The molecular formula is C8H18BNO2. The molecule has 70 valence electrons. The minimum absolute atomic E-state index is 0.00120. The molecule has 4 heteroatoms. The summed E-state index contributed by atoms with van der Waals surface area (Å²) in [4.78, 5) is 2.22. The van der Waals surface area contributed by atoms with Gasteiger partial charge in [0.2, 0.25) is 0 Å². The summed E-state index contributed by atoms with van der Waals surface area (Å²) in [5.41, 5.74) is 0. The molecule has 0 radical (unpaired) electrons. The quantitative estimate of drug-likeness (QED) is 0.546. The fourth-order valence-electron chi connectivity index (χ4n) is 1.19. The summed E-state index contributed by atoms with van der Waals surface area (Å²) in [5.74, 6) is 0.452. The van der Waals surface area contributed by atoms with E-state index in [1.54, 1.807) is 0 Å². The minimum atomic E-state index is -0.00120. The van der Waals surface area contributed by atoms with E-state index in [9.17, 15) is 0 Å². The van der Waals surface area contributed by atoms with Crippen molar-refractivity contribution in [2.24, 2.45) is 0 Å². The first-order chi connectivity index (χ1) is 5.70. The summed E-state index contributed by atoms with van der Waals surface area (Å²) in [6, 6.07) is 0. The van der Waals surface area contributed by atoms with Crippen molar-refractivity contribution in [2.45, 2.75) is 19.7 Å². The normalized spacial score (nSPS) is 22.5. The lowest BCUT2D eigenvalue weighted by atomic mass is 9.74. The van der Waals surface area contributed by atoms with Crippen LogP contribution in [0.15, 0.2) is 0 Å². The Hall–Kier alpha value is -0.0551. The van der Waals surface area contributed by atoms with E-state index in [4.69, 9.17) is 9.31 Å². The van der Waals surface area contributed by atoms with Gasteiger partial charge in [-0.05, 0) is 12.9 Å². The smallest absolute Gasteiger partial charge is 0.410 e. The third-order valence-corrected chi connectivity index (χ3v) is 2.05. The van der Waals surface area contributed by atoms with Gasteiger partial charge in [-0.3, -0.25) is 0 Å². The Morgan fingerprint density at radius 2 is 1.67 bits per heavy atom. The number of hydrogen-bond acceptors (Lipinski definition) is 3. The van der Waals surface area contributed by atoms with E-state index in [0.717, 1.165) is 26.3 Å². The second-order valence-electron chi connectivity index (χ2n) is 3.66. The van der Waals surface area contributed by atoms with Crippen molar-refractivity contribution in [1.29, 1.82) is 0 Å². The second-order valence-corrected chi connectivity index (χ2v) is 3.66. The lowest BCUT2D eigenvalue weighted by Gasteiger charge is -2.25. The van der Waals surface area contributed by atoms with E-state index in [0.29, 0.717) is 5.82 Å². The summed E-state index contributed by atoms with van der Waals surface area (Å²) >= 11 is 0. The lowest BCUT2D eigenvalue weighted by Crippen LogP contribution is -2.38. The van der Waals surface area contributed by atoms with Crippen LogP contribution in [0.3, 0.4) is 0 Å². The van der Waals surface area contributed by atoms with Crippen molar-refractivity contribution in [3.63, 3.8) is 0 Å². The molecule has 0 saturated carbocycles. The zero-order chi connectivity index (χ0) is 8.97. The van der Waals surface area contributed by atoms with Crippen molar-refractivity contribution in [1.82, 2.24) is 4.90 Å². The highest BCUT2D eigenvalue weighted by Gasteiger charge is 2.24.